The van der Waals surface area contributed by atoms with Gasteiger partial charge in [0.2, 0.25) is 5.91 Å². The summed E-state index contributed by atoms with van der Waals surface area (Å²) < 4.78 is 5.23. The van der Waals surface area contributed by atoms with Crippen LogP contribution in [0.25, 0.3) is 0 Å². The predicted molar refractivity (Wildman–Crippen MR) is 76.1 cm³/mol. The van der Waals surface area contributed by atoms with E-state index in [4.69, 9.17) is 4.74 Å². The predicted octanol–water partition coefficient (Wildman–Crippen LogP) is 1.93. The van der Waals surface area contributed by atoms with Crippen molar-refractivity contribution in [2.24, 2.45) is 0 Å². The lowest BCUT2D eigenvalue weighted by Gasteiger charge is -2.10. The second-order valence-electron chi connectivity index (χ2n) is 4.05. The topological polar surface area (TPSA) is 93.5 Å². The maximum absolute atomic E-state index is 11.5. The Hall–Kier alpha value is -2.31. The van der Waals surface area contributed by atoms with Crippen LogP contribution < -0.4 is 15.4 Å². The smallest absolute Gasteiger partial charge is 0.333 e. The Kier molecular flexibility index (Phi) is 6.28. The fraction of sp³-hybridized carbons (Fsp3) is 0.462. The monoisotopic (exact) mass is 281 g/mol. The van der Waals surface area contributed by atoms with E-state index in [0.717, 1.165) is 6.42 Å². The molecule has 1 aromatic rings. The van der Waals surface area contributed by atoms with Crippen LogP contribution in [0.4, 0.5) is 11.4 Å². The fourth-order valence-corrected chi connectivity index (χ4v) is 1.63. The standard InChI is InChI=1S/C13H19N3O4/c1-3-8-14-12(17)9-15-10-6-5-7-11(20-4-2)13(10)16(18)19/h5-7,15H,3-4,8-9H2,1-2H3,(H,14,17). The molecule has 0 spiro atoms. The minimum Gasteiger partial charge on any atom is -0.487 e. The number of amides is 1. The number of rotatable bonds is 8. The molecule has 0 aliphatic heterocycles. The fourth-order valence-electron chi connectivity index (χ4n) is 1.63. The average Bonchev–Trinajstić information content (AvgIpc) is 2.43. The number of nitro benzene ring substituents is 1. The Bertz CT molecular complexity index is 477. The Balaban J connectivity index is 2.81. The second-order valence-corrected chi connectivity index (χ2v) is 4.05. The summed E-state index contributed by atoms with van der Waals surface area (Å²) in [7, 11) is 0. The molecule has 1 aromatic carbocycles. The molecule has 7 heteroatoms. The molecule has 1 rings (SSSR count). The molecule has 20 heavy (non-hydrogen) atoms. The van der Waals surface area contributed by atoms with Crippen LogP contribution in [0.2, 0.25) is 0 Å². The van der Waals surface area contributed by atoms with Gasteiger partial charge in [0, 0.05) is 6.54 Å². The summed E-state index contributed by atoms with van der Waals surface area (Å²) in [5.74, 6) is -0.0144. The van der Waals surface area contributed by atoms with Crippen LogP contribution in [0.15, 0.2) is 18.2 Å². The number of hydrogen-bond acceptors (Lipinski definition) is 5. The van der Waals surface area contributed by atoms with Crippen LogP contribution >= 0.6 is 0 Å². The highest BCUT2D eigenvalue weighted by Crippen LogP contribution is 2.34. The Morgan fingerprint density at radius 3 is 2.75 bits per heavy atom. The highest BCUT2D eigenvalue weighted by Gasteiger charge is 2.21. The molecule has 0 fully saturated rings. The van der Waals surface area contributed by atoms with Gasteiger partial charge in [0.15, 0.2) is 5.75 Å². The summed E-state index contributed by atoms with van der Waals surface area (Å²) >= 11 is 0. The molecule has 0 aliphatic carbocycles. The van der Waals surface area contributed by atoms with Crippen LogP contribution in [-0.2, 0) is 4.79 Å². The largest absolute Gasteiger partial charge is 0.487 e. The molecule has 0 heterocycles. The molecule has 0 unspecified atom stereocenters. The Labute approximate surface area is 117 Å². The lowest BCUT2D eigenvalue weighted by atomic mass is 10.2. The molecular formula is C13H19N3O4. The number of ether oxygens (including phenoxy) is 1. The summed E-state index contributed by atoms with van der Waals surface area (Å²) in [4.78, 5) is 22.1. The minimum atomic E-state index is -0.517. The zero-order valence-corrected chi connectivity index (χ0v) is 11.6. The second kappa shape index (κ2) is 7.98. The van der Waals surface area contributed by atoms with E-state index in [9.17, 15) is 14.9 Å². The summed E-state index contributed by atoms with van der Waals surface area (Å²) in [5, 5.41) is 16.6. The van der Waals surface area contributed by atoms with Crippen LogP contribution in [-0.4, -0.2) is 30.5 Å². The summed E-state index contributed by atoms with van der Waals surface area (Å²) in [6.45, 7) is 4.60. The van der Waals surface area contributed by atoms with Crippen molar-refractivity contribution in [1.29, 1.82) is 0 Å². The average molecular weight is 281 g/mol. The zero-order valence-electron chi connectivity index (χ0n) is 11.6. The van der Waals surface area contributed by atoms with E-state index >= 15 is 0 Å². The third-order valence-electron chi connectivity index (χ3n) is 2.49. The molecule has 7 nitrogen and oxygen atoms in total. The molecule has 0 saturated carbocycles. The van der Waals surface area contributed by atoms with Gasteiger partial charge < -0.3 is 15.4 Å². The summed E-state index contributed by atoms with van der Waals surface area (Å²) in [5.41, 5.74) is 0.116. The minimum absolute atomic E-state index is 0.0174. The highest BCUT2D eigenvalue weighted by molar-refractivity contribution is 5.82. The van der Waals surface area contributed by atoms with Crippen LogP contribution in [0.3, 0.4) is 0 Å². The number of para-hydroxylation sites is 1. The van der Waals surface area contributed by atoms with Gasteiger partial charge in [0.25, 0.3) is 0 Å². The van der Waals surface area contributed by atoms with Gasteiger partial charge in [-0.15, -0.1) is 0 Å². The number of nitro groups is 1. The van der Waals surface area contributed by atoms with E-state index in [-0.39, 0.29) is 29.6 Å². The van der Waals surface area contributed by atoms with E-state index in [1.807, 2.05) is 6.92 Å². The van der Waals surface area contributed by atoms with Gasteiger partial charge in [-0.3, -0.25) is 14.9 Å². The van der Waals surface area contributed by atoms with Crippen LogP contribution in [0, 0.1) is 10.1 Å². The van der Waals surface area contributed by atoms with Crippen LogP contribution in [0.5, 0.6) is 5.75 Å². The number of nitrogens with zero attached hydrogens (tertiary/aromatic N) is 1. The maximum Gasteiger partial charge on any atom is 0.333 e. The molecular weight excluding hydrogens is 262 g/mol. The highest BCUT2D eigenvalue weighted by atomic mass is 16.6. The van der Waals surface area contributed by atoms with E-state index in [0.29, 0.717) is 13.2 Å². The van der Waals surface area contributed by atoms with E-state index in [1.54, 1.807) is 19.1 Å². The molecule has 110 valence electrons. The Morgan fingerprint density at radius 1 is 1.40 bits per heavy atom. The zero-order chi connectivity index (χ0) is 15.0. The first-order chi connectivity index (χ1) is 9.60. The SMILES string of the molecule is CCCNC(=O)CNc1cccc(OCC)c1[N+](=O)[O-]. The van der Waals surface area contributed by atoms with E-state index in [2.05, 4.69) is 10.6 Å². The normalized spacial score (nSPS) is 9.90. The van der Waals surface area contributed by atoms with E-state index in [1.165, 1.54) is 6.07 Å². The van der Waals surface area contributed by atoms with Gasteiger partial charge in [-0.1, -0.05) is 13.0 Å². The lowest BCUT2D eigenvalue weighted by Crippen LogP contribution is -2.30. The van der Waals surface area contributed by atoms with Crippen molar-refractivity contribution in [3.63, 3.8) is 0 Å². The number of hydrogen-bond donors (Lipinski definition) is 2. The number of carbonyl (C=O) groups excluding carboxylic acids is 1. The first-order valence-electron chi connectivity index (χ1n) is 6.50. The van der Waals surface area contributed by atoms with Crippen LogP contribution in [0.1, 0.15) is 20.3 Å². The number of anilines is 1. The number of nitrogens with one attached hydrogen (secondary N) is 2. The summed E-state index contributed by atoms with van der Waals surface area (Å²) in [6.07, 6.45) is 0.839. The lowest BCUT2D eigenvalue weighted by molar-refractivity contribution is -0.384. The van der Waals surface area contributed by atoms with Gasteiger partial charge in [-0.2, -0.15) is 0 Å². The van der Waals surface area contributed by atoms with Crippen molar-refractivity contribution in [3.05, 3.63) is 28.3 Å². The van der Waals surface area contributed by atoms with Crippen molar-refractivity contribution in [2.45, 2.75) is 20.3 Å². The number of carbonyl (C=O) groups is 1. The molecule has 0 aromatic heterocycles. The van der Waals surface area contributed by atoms with Crippen molar-refractivity contribution in [3.8, 4) is 5.75 Å². The quantitative estimate of drug-likeness (QED) is 0.561. The molecule has 0 saturated heterocycles. The third kappa shape index (κ3) is 4.42. The molecule has 2 N–H and O–H groups in total. The summed E-state index contributed by atoms with van der Waals surface area (Å²) in [6, 6.07) is 4.72. The Morgan fingerprint density at radius 2 is 2.15 bits per heavy atom. The van der Waals surface area contributed by atoms with E-state index < -0.39 is 4.92 Å². The molecule has 0 radical (unpaired) electrons. The van der Waals surface area contributed by atoms with Gasteiger partial charge in [0.05, 0.1) is 18.1 Å². The molecule has 0 aliphatic rings. The van der Waals surface area contributed by atoms with Crippen molar-refractivity contribution < 1.29 is 14.5 Å². The molecule has 0 atom stereocenters. The van der Waals surface area contributed by atoms with Gasteiger partial charge in [0.1, 0.15) is 5.69 Å². The van der Waals surface area contributed by atoms with Crippen molar-refractivity contribution in [2.75, 3.05) is 25.0 Å². The number of benzene rings is 1. The van der Waals surface area contributed by atoms with Crippen molar-refractivity contribution >= 4 is 17.3 Å². The third-order valence-corrected chi connectivity index (χ3v) is 2.49. The molecule has 0 bridgehead atoms. The van der Waals surface area contributed by atoms with Gasteiger partial charge in [-0.05, 0) is 25.5 Å². The first kappa shape index (κ1) is 15.7. The molecule has 1 amide bonds. The van der Waals surface area contributed by atoms with Gasteiger partial charge in [-0.25, -0.2) is 0 Å². The maximum atomic E-state index is 11.5. The first-order valence-corrected chi connectivity index (χ1v) is 6.50. The van der Waals surface area contributed by atoms with Gasteiger partial charge >= 0.3 is 5.69 Å². The van der Waals surface area contributed by atoms with Crippen molar-refractivity contribution in [1.82, 2.24) is 5.32 Å².